The van der Waals surface area contributed by atoms with E-state index in [-0.39, 0.29) is 31.1 Å². The lowest BCUT2D eigenvalue weighted by Crippen LogP contribution is -2.30. The maximum Gasteiger partial charge on any atom is 0.306 e. The molecule has 308 valence electrons. The molecule has 0 bridgehead atoms. The zero-order valence-electron chi connectivity index (χ0n) is 35.4. The molecule has 0 aromatic rings. The standard InChI is InChI=1S/C46H88O6/c1-6-7-8-9-10-11-13-18-21-28-33-38-46(49)52-43(40-51-45(48)37-32-27-23-22-25-30-35-42(4)5)39-50-44(47)36-31-26-20-17-15-12-14-16-19-24-29-34-41(2)3/h41-43H,6-40H2,1-5H3/t43-/m1/s1. The molecule has 0 saturated carbocycles. The number of unbranched alkanes of at least 4 members (excludes halogenated alkanes) is 25. The van der Waals surface area contributed by atoms with Gasteiger partial charge in [0.2, 0.25) is 0 Å². The predicted octanol–water partition coefficient (Wildman–Crippen LogP) is 14.2. The summed E-state index contributed by atoms with van der Waals surface area (Å²) in [5, 5.41) is 0. The molecule has 0 fully saturated rings. The third kappa shape index (κ3) is 39.6. The van der Waals surface area contributed by atoms with Crippen molar-refractivity contribution in [1.29, 1.82) is 0 Å². The largest absolute Gasteiger partial charge is 0.462 e. The summed E-state index contributed by atoms with van der Waals surface area (Å²) >= 11 is 0. The number of esters is 3. The number of hydrogen-bond donors (Lipinski definition) is 0. The van der Waals surface area contributed by atoms with E-state index in [9.17, 15) is 14.4 Å². The fourth-order valence-corrected chi connectivity index (χ4v) is 6.75. The summed E-state index contributed by atoms with van der Waals surface area (Å²) in [6.45, 7) is 11.3. The van der Waals surface area contributed by atoms with Gasteiger partial charge in [0.05, 0.1) is 0 Å². The van der Waals surface area contributed by atoms with E-state index >= 15 is 0 Å². The lowest BCUT2D eigenvalue weighted by atomic mass is 10.0. The van der Waals surface area contributed by atoms with E-state index in [0.29, 0.717) is 19.3 Å². The minimum Gasteiger partial charge on any atom is -0.462 e. The van der Waals surface area contributed by atoms with Crippen molar-refractivity contribution in [2.24, 2.45) is 11.8 Å². The van der Waals surface area contributed by atoms with E-state index in [4.69, 9.17) is 14.2 Å². The monoisotopic (exact) mass is 737 g/mol. The van der Waals surface area contributed by atoms with Gasteiger partial charge in [-0.05, 0) is 31.1 Å². The minimum absolute atomic E-state index is 0.0655. The third-order valence-electron chi connectivity index (χ3n) is 10.2. The Balaban J connectivity index is 4.31. The lowest BCUT2D eigenvalue weighted by Gasteiger charge is -2.18. The Labute approximate surface area is 323 Å². The van der Waals surface area contributed by atoms with E-state index in [0.717, 1.165) is 69.6 Å². The summed E-state index contributed by atoms with van der Waals surface area (Å²) in [6, 6.07) is 0. The Kier molecular flexibility index (Phi) is 37.9. The van der Waals surface area contributed by atoms with Crippen LogP contribution < -0.4 is 0 Å². The predicted molar refractivity (Wildman–Crippen MR) is 220 cm³/mol. The third-order valence-corrected chi connectivity index (χ3v) is 10.2. The van der Waals surface area contributed by atoms with Gasteiger partial charge in [0.15, 0.2) is 6.10 Å². The van der Waals surface area contributed by atoms with Crippen LogP contribution in [0, 0.1) is 11.8 Å². The van der Waals surface area contributed by atoms with Crippen molar-refractivity contribution >= 4 is 17.9 Å². The first-order valence-electron chi connectivity index (χ1n) is 22.7. The van der Waals surface area contributed by atoms with Gasteiger partial charge in [-0.25, -0.2) is 0 Å². The van der Waals surface area contributed by atoms with Crippen molar-refractivity contribution in [3.8, 4) is 0 Å². The van der Waals surface area contributed by atoms with Gasteiger partial charge in [-0.2, -0.15) is 0 Å². The molecule has 0 radical (unpaired) electrons. The van der Waals surface area contributed by atoms with Crippen molar-refractivity contribution in [3.05, 3.63) is 0 Å². The van der Waals surface area contributed by atoms with E-state index in [1.807, 2.05) is 0 Å². The molecule has 0 amide bonds. The normalized spacial score (nSPS) is 12.1. The molecule has 0 rings (SSSR count). The Morgan fingerprint density at radius 2 is 0.635 bits per heavy atom. The highest BCUT2D eigenvalue weighted by Crippen LogP contribution is 2.16. The average Bonchev–Trinajstić information content (AvgIpc) is 3.11. The summed E-state index contributed by atoms with van der Waals surface area (Å²) in [5.74, 6) is 0.728. The fourth-order valence-electron chi connectivity index (χ4n) is 6.75. The average molecular weight is 737 g/mol. The maximum absolute atomic E-state index is 12.7. The molecule has 0 aromatic heterocycles. The first kappa shape index (κ1) is 50.4. The molecule has 0 heterocycles. The van der Waals surface area contributed by atoms with Gasteiger partial charge < -0.3 is 14.2 Å². The van der Waals surface area contributed by atoms with Crippen LogP contribution in [-0.4, -0.2) is 37.2 Å². The topological polar surface area (TPSA) is 78.9 Å². The van der Waals surface area contributed by atoms with Crippen LogP contribution in [0.2, 0.25) is 0 Å². The van der Waals surface area contributed by atoms with Crippen LogP contribution in [0.5, 0.6) is 0 Å². The van der Waals surface area contributed by atoms with E-state index in [1.165, 1.54) is 135 Å². The van der Waals surface area contributed by atoms with Crippen LogP contribution in [0.4, 0.5) is 0 Å². The second kappa shape index (κ2) is 39.1. The second-order valence-electron chi connectivity index (χ2n) is 16.6. The zero-order chi connectivity index (χ0) is 38.3. The number of rotatable bonds is 40. The van der Waals surface area contributed by atoms with Crippen LogP contribution in [0.1, 0.15) is 247 Å². The van der Waals surface area contributed by atoms with Crippen molar-refractivity contribution in [1.82, 2.24) is 0 Å². The van der Waals surface area contributed by atoms with Gasteiger partial charge in [0, 0.05) is 19.3 Å². The van der Waals surface area contributed by atoms with Crippen LogP contribution in [0.25, 0.3) is 0 Å². The number of ether oxygens (including phenoxy) is 3. The molecule has 0 spiro atoms. The number of carbonyl (C=O) groups excluding carboxylic acids is 3. The zero-order valence-corrected chi connectivity index (χ0v) is 35.4. The second-order valence-corrected chi connectivity index (χ2v) is 16.6. The fraction of sp³-hybridized carbons (Fsp3) is 0.935. The molecule has 52 heavy (non-hydrogen) atoms. The van der Waals surface area contributed by atoms with E-state index in [1.54, 1.807) is 0 Å². The Bertz CT molecular complexity index is 794. The van der Waals surface area contributed by atoms with Gasteiger partial charge in [-0.15, -0.1) is 0 Å². The molecule has 0 aromatic carbocycles. The molecule has 6 nitrogen and oxygen atoms in total. The highest BCUT2D eigenvalue weighted by molar-refractivity contribution is 5.71. The van der Waals surface area contributed by atoms with Crippen LogP contribution in [0.3, 0.4) is 0 Å². The van der Waals surface area contributed by atoms with Gasteiger partial charge >= 0.3 is 17.9 Å². The van der Waals surface area contributed by atoms with Crippen molar-refractivity contribution in [2.75, 3.05) is 13.2 Å². The molecule has 6 heteroatoms. The quantitative estimate of drug-likeness (QED) is 0.0354. The molecular weight excluding hydrogens is 648 g/mol. The first-order chi connectivity index (χ1) is 25.2. The molecule has 1 atom stereocenters. The highest BCUT2D eigenvalue weighted by Gasteiger charge is 2.19. The SMILES string of the molecule is CCCCCCCCCCCCCC(=O)O[C@H](COC(=O)CCCCCCCCCCCCCC(C)C)COC(=O)CCCCCCCCC(C)C. The van der Waals surface area contributed by atoms with E-state index in [2.05, 4.69) is 34.6 Å². The van der Waals surface area contributed by atoms with Crippen LogP contribution in [-0.2, 0) is 28.6 Å². The molecular formula is C46H88O6. The summed E-state index contributed by atoms with van der Waals surface area (Å²) in [4.78, 5) is 37.6. The maximum atomic E-state index is 12.7. The molecule has 0 aliphatic heterocycles. The number of hydrogen-bond acceptors (Lipinski definition) is 6. The Hall–Kier alpha value is -1.59. The highest BCUT2D eigenvalue weighted by atomic mass is 16.6. The molecule has 0 aliphatic carbocycles. The van der Waals surface area contributed by atoms with Crippen molar-refractivity contribution in [2.45, 2.75) is 253 Å². The molecule has 0 unspecified atom stereocenters. The smallest absolute Gasteiger partial charge is 0.306 e. The van der Waals surface area contributed by atoms with Crippen LogP contribution in [0.15, 0.2) is 0 Å². The van der Waals surface area contributed by atoms with Crippen LogP contribution >= 0.6 is 0 Å². The summed E-state index contributed by atoms with van der Waals surface area (Å²) in [5.41, 5.74) is 0. The van der Waals surface area contributed by atoms with Gasteiger partial charge in [0.25, 0.3) is 0 Å². The summed E-state index contributed by atoms with van der Waals surface area (Å²) < 4.78 is 16.7. The van der Waals surface area contributed by atoms with Crippen molar-refractivity contribution in [3.63, 3.8) is 0 Å². The van der Waals surface area contributed by atoms with Gasteiger partial charge in [-0.3, -0.25) is 14.4 Å². The lowest BCUT2D eigenvalue weighted by molar-refractivity contribution is -0.167. The van der Waals surface area contributed by atoms with E-state index < -0.39 is 6.10 Å². The molecule has 0 N–H and O–H groups in total. The first-order valence-corrected chi connectivity index (χ1v) is 22.7. The summed E-state index contributed by atoms with van der Waals surface area (Å²) in [7, 11) is 0. The minimum atomic E-state index is -0.760. The number of carbonyl (C=O) groups is 3. The van der Waals surface area contributed by atoms with Crippen molar-refractivity contribution < 1.29 is 28.6 Å². The van der Waals surface area contributed by atoms with Gasteiger partial charge in [0.1, 0.15) is 13.2 Å². The Morgan fingerprint density at radius 1 is 0.365 bits per heavy atom. The molecule has 0 aliphatic rings. The van der Waals surface area contributed by atoms with Gasteiger partial charge in [-0.1, -0.05) is 208 Å². The summed E-state index contributed by atoms with van der Waals surface area (Å²) in [6.07, 6.45) is 36.7. The molecule has 0 saturated heterocycles. The Morgan fingerprint density at radius 3 is 0.942 bits per heavy atom.